The summed E-state index contributed by atoms with van der Waals surface area (Å²) in [6.07, 6.45) is 0. The molecule has 0 radical (unpaired) electrons. The van der Waals surface area contributed by atoms with Crippen LogP contribution in [-0.4, -0.2) is 35.6 Å². The number of carbonyl (C=O) groups excluding carboxylic acids is 2. The van der Waals surface area contributed by atoms with Crippen LogP contribution in [0.4, 0.5) is 10.1 Å². The molecule has 7 heteroatoms. The van der Waals surface area contributed by atoms with Gasteiger partial charge in [-0.25, -0.2) is 4.39 Å². The van der Waals surface area contributed by atoms with Crippen LogP contribution in [0.15, 0.2) is 48.5 Å². The zero-order chi connectivity index (χ0) is 19.5. The van der Waals surface area contributed by atoms with Crippen molar-refractivity contribution in [1.29, 1.82) is 0 Å². The lowest BCUT2D eigenvalue weighted by molar-refractivity contribution is -0.118. The van der Waals surface area contributed by atoms with Crippen molar-refractivity contribution >= 4 is 41.0 Å². The van der Waals surface area contributed by atoms with E-state index in [2.05, 4.69) is 10.6 Å². The first-order valence-corrected chi connectivity index (χ1v) is 10.9. The molecule has 0 aliphatic heterocycles. The third-order valence-electron chi connectivity index (χ3n) is 3.55. The predicted molar refractivity (Wildman–Crippen MR) is 113 cm³/mol. The summed E-state index contributed by atoms with van der Waals surface area (Å²) in [4.78, 5) is 23.7. The van der Waals surface area contributed by atoms with E-state index >= 15 is 0 Å². The average Bonchev–Trinajstić information content (AvgIpc) is 2.63. The van der Waals surface area contributed by atoms with Crippen molar-refractivity contribution < 1.29 is 14.0 Å². The second-order valence-electron chi connectivity index (χ2n) is 5.90. The molecule has 0 aromatic heterocycles. The van der Waals surface area contributed by atoms with E-state index in [0.29, 0.717) is 23.6 Å². The molecule has 0 bridgehead atoms. The van der Waals surface area contributed by atoms with E-state index in [0.717, 1.165) is 11.3 Å². The Labute approximate surface area is 167 Å². The number of hydrogen-bond donors (Lipinski definition) is 2. The van der Waals surface area contributed by atoms with Gasteiger partial charge < -0.3 is 10.6 Å². The number of benzene rings is 2. The Balaban J connectivity index is 1.53. The minimum absolute atomic E-state index is 0.102. The SMILES string of the molecule is Cc1cccc(NC(=O)CSCC(=O)NCCSCc2ccccc2F)c1. The predicted octanol–water partition coefficient (Wildman–Crippen LogP) is 3.86. The van der Waals surface area contributed by atoms with Crippen LogP contribution in [0, 0.1) is 12.7 Å². The van der Waals surface area contributed by atoms with Gasteiger partial charge in [-0.15, -0.1) is 11.8 Å². The quantitative estimate of drug-likeness (QED) is 0.589. The monoisotopic (exact) mass is 406 g/mol. The number of thioether (sulfide) groups is 2. The zero-order valence-corrected chi connectivity index (χ0v) is 16.8. The molecule has 2 aromatic rings. The summed E-state index contributed by atoms with van der Waals surface area (Å²) in [5.74, 6) is 1.32. The first-order chi connectivity index (χ1) is 13.0. The number of anilines is 1. The molecule has 2 N–H and O–H groups in total. The van der Waals surface area contributed by atoms with E-state index in [9.17, 15) is 14.0 Å². The molecular weight excluding hydrogens is 383 g/mol. The highest BCUT2D eigenvalue weighted by Gasteiger charge is 2.06. The van der Waals surface area contributed by atoms with Crippen LogP contribution < -0.4 is 10.6 Å². The van der Waals surface area contributed by atoms with Crippen molar-refractivity contribution in [2.45, 2.75) is 12.7 Å². The van der Waals surface area contributed by atoms with Crippen molar-refractivity contribution in [2.75, 3.05) is 29.1 Å². The van der Waals surface area contributed by atoms with Crippen LogP contribution in [0.5, 0.6) is 0 Å². The summed E-state index contributed by atoms with van der Waals surface area (Å²) in [6, 6.07) is 14.3. The average molecular weight is 407 g/mol. The topological polar surface area (TPSA) is 58.2 Å². The summed E-state index contributed by atoms with van der Waals surface area (Å²) in [5, 5.41) is 5.62. The number of hydrogen-bond acceptors (Lipinski definition) is 4. The third-order valence-corrected chi connectivity index (χ3v) is 5.49. The highest BCUT2D eigenvalue weighted by molar-refractivity contribution is 8.00. The Hall–Kier alpha value is -1.99. The zero-order valence-electron chi connectivity index (χ0n) is 15.2. The fourth-order valence-corrected chi connectivity index (χ4v) is 3.76. The lowest BCUT2D eigenvalue weighted by Gasteiger charge is -2.07. The van der Waals surface area contributed by atoms with Gasteiger partial charge in [0.05, 0.1) is 11.5 Å². The van der Waals surface area contributed by atoms with E-state index in [1.807, 2.05) is 37.3 Å². The van der Waals surface area contributed by atoms with Gasteiger partial charge in [0.2, 0.25) is 11.8 Å². The van der Waals surface area contributed by atoms with Crippen molar-refractivity contribution in [3.8, 4) is 0 Å². The number of rotatable bonds is 10. The van der Waals surface area contributed by atoms with Gasteiger partial charge in [-0.05, 0) is 36.2 Å². The minimum Gasteiger partial charge on any atom is -0.355 e. The lowest BCUT2D eigenvalue weighted by atomic mass is 10.2. The molecule has 0 fully saturated rings. The number of nitrogens with one attached hydrogen (secondary N) is 2. The van der Waals surface area contributed by atoms with Crippen molar-refractivity contribution in [3.63, 3.8) is 0 Å². The first-order valence-electron chi connectivity index (χ1n) is 8.56. The van der Waals surface area contributed by atoms with Crippen LogP contribution in [0.2, 0.25) is 0 Å². The third kappa shape index (κ3) is 8.49. The molecule has 2 aromatic carbocycles. The highest BCUT2D eigenvalue weighted by atomic mass is 32.2. The van der Waals surface area contributed by atoms with Crippen LogP contribution in [-0.2, 0) is 15.3 Å². The molecule has 4 nitrogen and oxygen atoms in total. The van der Waals surface area contributed by atoms with E-state index in [-0.39, 0.29) is 29.1 Å². The minimum atomic E-state index is -0.200. The van der Waals surface area contributed by atoms with Crippen LogP contribution in [0.25, 0.3) is 0 Å². The fourth-order valence-electron chi connectivity index (χ4n) is 2.27. The van der Waals surface area contributed by atoms with Gasteiger partial charge in [0.1, 0.15) is 5.82 Å². The summed E-state index contributed by atoms with van der Waals surface area (Å²) >= 11 is 2.84. The molecule has 0 heterocycles. The van der Waals surface area contributed by atoms with Crippen LogP contribution in [0.3, 0.4) is 0 Å². The second kappa shape index (κ2) is 11.7. The molecular formula is C20H23FN2O2S2. The summed E-state index contributed by atoms with van der Waals surface area (Å²) in [7, 11) is 0. The molecule has 0 unspecified atom stereocenters. The fraction of sp³-hybridized carbons (Fsp3) is 0.300. The summed E-state index contributed by atoms with van der Waals surface area (Å²) in [5.41, 5.74) is 2.51. The van der Waals surface area contributed by atoms with Gasteiger partial charge in [-0.3, -0.25) is 9.59 Å². The van der Waals surface area contributed by atoms with Gasteiger partial charge in [-0.1, -0.05) is 30.3 Å². The van der Waals surface area contributed by atoms with Crippen LogP contribution >= 0.6 is 23.5 Å². The molecule has 0 aliphatic rings. The Kier molecular flexibility index (Phi) is 9.21. The molecule has 0 saturated carbocycles. The Morgan fingerprint density at radius 1 is 1.00 bits per heavy atom. The molecule has 2 rings (SSSR count). The van der Waals surface area contributed by atoms with Gasteiger partial charge >= 0.3 is 0 Å². The second-order valence-corrected chi connectivity index (χ2v) is 8.00. The molecule has 0 atom stereocenters. The molecule has 144 valence electrons. The Bertz CT molecular complexity index is 771. The number of amides is 2. The van der Waals surface area contributed by atoms with E-state index in [1.54, 1.807) is 23.9 Å². The normalized spacial score (nSPS) is 10.4. The number of halogens is 1. The van der Waals surface area contributed by atoms with Crippen molar-refractivity contribution in [2.24, 2.45) is 0 Å². The van der Waals surface area contributed by atoms with Crippen molar-refractivity contribution in [1.82, 2.24) is 5.32 Å². The molecule has 0 aliphatic carbocycles. The molecule has 27 heavy (non-hydrogen) atoms. The maximum atomic E-state index is 13.5. The maximum absolute atomic E-state index is 13.5. The number of aryl methyl sites for hydroxylation is 1. The standard InChI is InChI=1S/C20H23FN2O2S2/c1-15-5-4-7-17(11-15)23-20(25)14-27-13-19(24)22-9-10-26-12-16-6-2-3-8-18(16)21/h2-8,11H,9-10,12-14H2,1H3,(H,22,24)(H,23,25). The maximum Gasteiger partial charge on any atom is 0.234 e. The summed E-state index contributed by atoms with van der Waals surface area (Å²) in [6.45, 7) is 2.48. The van der Waals surface area contributed by atoms with E-state index in [1.165, 1.54) is 17.8 Å². The van der Waals surface area contributed by atoms with Gasteiger partial charge in [0, 0.05) is 23.7 Å². The van der Waals surface area contributed by atoms with Crippen molar-refractivity contribution in [3.05, 3.63) is 65.5 Å². The largest absolute Gasteiger partial charge is 0.355 e. The molecule has 0 spiro atoms. The van der Waals surface area contributed by atoms with Gasteiger partial charge in [0.25, 0.3) is 0 Å². The highest BCUT2D eigenvalue weighted by Crippen LogP contribution is 2.14. The Morgan fingerprint density at radius 3 is 2.56 bits per heavy atom. The van der Waals surface area contributed by atoms with Gasteiger partial charge in [0.15, 0.2) is 0 Å². The van der Waals surface area contributed by atoms with E-state index in [4.69, 9.17) is 0 Å². The Morgan fingerprint density at radius 2 is 1.78 bits per heavy atom. The molecule has 0 saturated heterocycles. The summed E-state index contributed by atoms with van der Waals surface area (Å²) < 4.78 is 13.5. The first kappa shape index (κ1) is 21.3. The smallest absolute Gasteiger partial charge is 0.234 e. The molecule has 2 amide bonds. The van der Waals surface area contributed by atoms with E-state index < -0.39 is 0 Å². The number of carbonyl (C=O) groups is 2. The lowest BCUT2D eigenvalue weighted by Crippen LogP contribution is -2.28. The van der Waals surface area contributed by atoms with Gasteiger partial charge in [-0.2, -0.15) is 11.8 Å². The van der Waals surface area contributed by atoms with Crippen LogP contribution in [0.1, 0.15) is 11.1 Å².